The summed E-state index contributed by atoms with van der Waals surface area (Å²) >= 11 is 0. The van der Waals surface area contributed by atoms with E-state index in [2.05, 4.69) is 32.6 Å². The van der Waals surface area contributed by atoms with Gasteiger partial charge in [0.05, 0.1) is 11.6 Å². The molecular weight excluding hydrogens is 471 g/mol. The standard InChI is InChI=1S/C17H8F4N6.Pd/c18-14-16(20)26(8-22-14)12-5-1-3-10(24-12)7-11-4-2-6-13(25-11)27-9-23-15(19)17(27)21;/h1-6H,7H2;/q-2;+2. The van der Waals surface area contributed by atoms with Crippen LogP contribution in [0.1, 0.15) is 11.4 Å². The zero-order valence-electron chi connectivity index (χ0n) is 13.7. The summed E-state index contributed by atoms with van der Waals surface area (Å²) in [6, 6.07) is 9.45. The molecule has 4 rings (SSSR count). The Bertz CT molecular complexity index is 1040. The van der Waals surface area contributed by atoms with Crippen LogP contribution in [0, 0.1) is 36.4 Å². The first-order valence-electron chi connectivity index (χ1n) is 7.58. The average Bonchev–Trinajstić information content (AvgIpc) is 3.18. The molecule has 144 valence electrons. The summed E-state index contributed by atoms with van der Waals surface area (Å²) in [6.07, 6.45) is 4.54. The van der Waals surface area contributed by atoms with Crippen molar-refractivity contribution in [2.24, 2.45) is 0 Å². The van der Waals surface area contributed by atoms with E-state index in [4.69, 9.17) is 0 Å². The second-order valence-electron chi connectivity index (χ2n) is 5.41. The largest absolute Gasteiger partial charge is 2.00 e. The van der Waals surface area contributed by atoms with Crippen molar-refractivity contribution in [1.82, 2.24) is 29.1 Å². The summed E-state index contributed by atoms with van der Waals surface area (Å²) in [6.45, 7) is 0. The third kappa shape index (κ3) is 3.72. The fourth-order valence-corrected chi connectivity index (χ4v) is 2.42. The molecule has 0 atom stereocenters. The number of nitrogens with zero attached hydrogens (tertiary/aromatic N) is 6. The molecule has 0 bridgehead atoms. The van der Waals surface area contributed by atoms with E-state index in [0.29, 0.717) is 11.4 Å². The van der Waals surface area contributed by atoms with Crippen LogP contribution in [-0.4, -0.2) is 29.1 Å². The van der Waals surface area contributed by atoms with E-state index in [-0.39, 0.29) is 38.5 Å². The van der Waals surface area contributed by atoms with Gasteiger partial charge >= 0.3 is 20.4 Å². The molecule has 6 nitrogen and oxygen atoms in total. The minimum absolute atomic E-state index is 0. The molecule has 0 spiro atoms. The molecule has 0 radical (unpaired) electrons. The van der Waals surface area contributed by atoms with Gasteiger partial charge in [-0.3, -0.25) is 18.7 Å². The topological polar surface area (TPSA) is 61.4 Å². The average molecular weight is 479 g/mol. The molecule has 0 aliphatic heterocycles. The number of hydrogen-bond donors (Lipinski definition) is 0. The Hall–Kier alpha value is -2.90. The van der Waals surface area contributed by atoms with Gasteiger partial charge in [0.1, 0.15) is 23.8 Å². The zero-order chi connectivity index (χ0) is 19.0. The van der Waals surface area contributed by atoms with Crippen molar-refractivity contribution < 1.29 is 38.0 Å². The van der Waals surface area contributed by atoms with Crippen molar-refractivity contribution in [2.75, 3.05) is 0 Å². The maximum Gasteiger partial charge on any atom is 2.00 e. The van der Waals surface area contributed by atoms with Crippen LogP contribution in [0.25, 0.3) is 11.6 Å². The second-order valence-corrected chi connectivity index (χ2v) is 5.41. The van der Waals surface area contributed by atoms with Crippen LogP contribution in [0.3, 0.4) is 0 Å². The molecule has 0 aliphatic carbocycles. The van der Waals surface area contributed by atoms with Gasteiger partial charge in [0.25, 0.3) is 0 Å². The number of halogens is 4. The summed E-state index contributed by atoms with van der Waals surface area (Å²) in [5.41, 5.74) is 0.973. The molecule has 4 aromatic rings. The van der Waals surface area contributed by atoms with Gasteiger partial charge in [-0.25, -0.2) is 8.78 Å². The van der Waals surface area contributed by atoms with Crippen LogP contribution in [0.2, 0.25) is 0 Å². The number of pyridine rings is 2. The van der Waals surface area contributed by atoms with Crippen LogP contribution in [0.5, 0.6) is 0 Å². The summed E-state index contributed by atoms with van der Waals surface area (Å²) in [4.78, 5) is 14.7. The SMILES string of the molecule is Fc1n[c-]n(-c2cccc(Cc3cccc(-n4[c-]nc(F)c4F)n3)n2)c1F.[Pd+2]. The molecule has 0 N–H and O–H groups in total. The number of aromatic nitrogens is 6. The van der Waals surface area contributed by atoms with Gasteiger partial charge < -0.3 is 19.1 Å². The van der Waals surface area contributed by atoms with E-state index in [9.17, 15) is 17.6 Å². The first-order chi connectivity index (χ1) is 13.0. The monoisotopic (exact) mass is 478 g/mol. The van der Waals surface area contributed by atoms with Gasteiger partial charge in [-0.1, -0.05) is 24.3 Å². The van der Waals surface area contributed by atoms with Gasteiger partial charge in [0, 0.05) is 30.5 Å². The van der Waals surface area contributed by atoms with Crippen molar-refractivity contribution in [3.63, 3.8) is 0 Å². The molecule has 0 saturated carbocycles. The molecular formula is C17H8F4N6Pd. The second kappa shape index (κ2) is 8.00. The fourth-order valence-electron chi connectivity index (χ4n) is 2.42. The summed E-state index contributed by atoms with van der Waals surface area (Å²) in [5.74, 6) is -4.77. The van der Waals surface area contributed by atoms with Crippen molar-refractivity contribution in [1.29, 1.82) is 0 Å². The molecule has 28 heavy (non-hydrogen) atoms. The van der Waals surface area contributed by atoms with Gasteiger partial charge in [0.2, 0.25) is 0 Å². The Morgan fingerprint density at radius 2 is 1.14 bits per heavy atom. The van der Waals surface area contributed by atoms with Crippen molar-refractivity contribution >= 4 is 0 Å². The summed E-state index contributed by atoms with van der Waals surface area (Å²) in [7, 11) is 0. The Labute approximate surface area is 169 Å². The number of hydrogen-bond acceptors (Lipinski definition) is 4. The normalized spacial score (nSPS) is 10.7. The van der Waals surface area contributed by atoms with E-state index in [1.165, 1.54) is 12.1 Å². The van der Waals surface area contributed by atoms with Crippen molar-refractivity contribution in [3.05, 3.63) is 84.2 Å². The Morgan fingerprint density at radius 3 is 1.50 bits per heavy atom. The molecule has 0 unspecified atom stereocenters. The minimum Gasteiger partial charge on any atom is -0.386 e. The van der Waals surface area contributed by atoms with Gasteiger partial charge in [-0.05, 0) is 12.1 Å². The number of rotatable bonds is 4. The Morgan fingerprint density at radius 1 is 0.714 bits per heavy atom. The van der Waals surface area contributed by atoms with Crippen LogP contribution >= 0.6 is 0 Å². The summed E-state index contributed by atoms with van der Waals surface area (Å²) in [5, 5.41) is 0. The Balaban J connectivity index is 0.00000225. The van der Waals surface area contributed by atoms with Crippen LogP contribution < -0.4 is 0 Å². The van der Waals surface area contributed by atoms with Gasteiger partial charge in [0.15, 0.2) is 0 Å². The summed E-state index contributed by atoms with van der Waals surface area (Å²) < 4.78 is 54.9. The minimum atomic E-state index is -1.28. The molecule has 0 amide bonds. The third-order valence-electron chi connectivity index (χ3n) is 3.63. The van der Waals surface area contributed by atoms with Gasteiger partial charge in [-0.2, -0.15) is 0 Å². The third-order valence-corrected chi connectivity index (χ3v) is 3.63. The first kappa shape index (κ1) is 19.9. The number of imidazole rings is 2. The fraction of sp³-hybridized carbons (Fsp3) is 0.0588. The van der Waals surface area contributed by atoms with Crippen LogP contribution in [0.15, 0.2) is 36.4 Å². The maximum absolute atomic E-state index is 13.6. The predicted molar refractivity (Wildman–Crippen MR) is 83.0 cm³/mol. The zero-order valence-corrected chi connectivity index (χ0v) is 15.2. The van der Waals surface area contributed by atoms with E-state index in [0.717, 1.165) is 9.13 Å². The maximum atomic E-state index is 13.6. The molecule has 0 aliphatic rings. The van der Waals surface area contributed by atoms with E-state index in [1.807, 2.05) is 0 Å². The van der Waals surface area contributed by atoms with E-state index >= 15 is 0 Å². The molecule has 11 heteroatoms. The van der Waals surface area contributed by atoms with Crippen LogP contribution in [0.4, 0.5) is 17.6 Å². The Kier molecular flexibility index (Phi) is 5.67. The predicted octanol–water partition coefficient (Wildman–Crippen LogP) is 2.59. The van der Waals surface area contributed by atoms with Crippen molar-refractivity contribution in [2.45, 2.75) is 6.42 Å². The van der Waals surface area contributed by atoms with E-state index in [1.54, 1.807) is 24.3 Å². The molecule has 4 heterocycles. The molecule has 4 aromatic heterocycles. The molecule has 0 aromatic carbocycles. The van der Waals surface area contributed by atoms with Crippen LogP contribution in [-0.2, 0) is 26.8 Å². The van der Waals surface area contributed by atoms with E-state index < -0.39 is 23.8 Å². The van der Waals surface area contributed by atoms with Gasteiger partial charge in [-0.15, -0.1) is 0 Å². The molecule has 0 saturated heterocycles. The smallest absolute Gasteiger partial charge is 0.386 e. The quantitative estimate of drug-likeness (QED) is 0.257. The molecule has 0 fully saturated rings. The van der Waals surface area contributed by atoms with Crippen molar-refractivity contribution in [3.8, 4) is 11.6 Å². The first-order valence-corrected chi connectivity index (χ1v) is 7.58.